The summed E-state index contributed by atoms with van der Waals surface area (Å²) < 4.78 is 38.6. The summed E-state index contributed by atoms with van der Waals surface area (Å²) in [5.41, 5.74) is 0.0853. The number of Topliss-reactive ketones (excluding diaryl/α,β-unsaturated/α-hetero) is 1. The largest absolute Gasteiger partial charge is 0.455 e. The first kappa shape index (κ1) is 13.7. The van der Waals surface area contributed by atoms with Crippen molar-refractivity contribution in [2.45, 2.75) is 40.4 Å². The zero-order chi connectivity index (χ0) is 13.4. The van der Waals surface area contributed by atoms with Crippen molar-refractivity contribution in [2.24, 2.45) is 5.92 Å². The van der Waals surface area contributed by atoms with Crippen LogP contribution in [-0.4, -0.2) is 21.7 Å². The van der Waals surface area contributed by atoms with Crippen LogP contribution in [0.2, 0.25) is 0 Å². The molecule has 3 nitrogen and oxygen atoms in total. The highest BCUT2D eigenvalue weighted by molar-refractivity contribution is 6.02. The highest BCUT2D eigenvalue weighted by Crippen LogP contribution is 2.25. The van der Waals surface area contributed by atoms with Gasteiger partial charge in [-0.25, -0.2) is 0 Å². The number of hydrogen-bond acceptors (Lipinski definition) is 2. The Bertz CT molecular complexity index is 433. The number of halogens is 3. The summed E-state index contributed by atoms with van der Waals surface area (Å²) >= 11 is 0. The lowest BCUT2D eigenvalue weighted by Crippen LogP contribution is -2.24. The minimum absolute atomic E-state index is 0.130. The molecule has 0 amide bonds. The maximum Gasteiger partial charge on any atom is 0.455 e. The van der Waals surface area contributed by atoms with Crippen molar-refractivity contribution in [1.29, 1.82) is 0 Å². The molecule has 1 aromatic rings. The Morgan fingerprint density at radius 3 is 2.29 bits per heavy atom. The van der Waals surface area contributed by atoms with Crippen molar-refractivity contribution in [3.63, 3.8) is 0 Å². The van der Waals surface area contributed by atoms with Gasteiger partial charge < -0.3 is 0 Å². The molecule has 0 N–H and O–H groups in total. The highest BCUT2D eigenvalue weighted by atomic mass is 19.4. The van der Waals surface area contributed by atoms with E-state index in [1.165, 1.54) is 18.5 Å². The Balaban J connectivity index is 3.18. The van der Waals surface area contributed by atoms with Gasteiger partial charge in [0.25, 0.3) is 5.78 Å². The summed E-state index contributed by atoms with van der Waals surface area (Å²) in [7, 11) is 0. The summed E-state index contributed by atoms with van der Waals surface area (Å²) in [6.07, 6.45) is -4.85. The molecule has 0 atom stereocenters. The van der Waals surface area contributed by atoms with Crippen LogP contribution in [0.3, 0.4) is 0 Å². The average molecular weight is 248 g/mol. The van der Waals surface area contributed by atoms with Gasteiger partial charge in [0.05, 0.1) is 11.3 Å². The van der Waals surface area contributed by atoms with Crippen LogP contribution in [0.5, 0.6) is 0 Å². The van der Waals surface area contributed by atoms with E-state index in [0.29, 0.717) is 6.54 Å². The molecule has 0 radical (unpaired) electrons. The van der Waals surface area contributed by atoms with E-state index >= 15 is 0 Å². The van der Waals surface area contributed by atoms with Crippen LogP contribution in [0.4, 0.5) is 13.2 Å². The van der Waals surface area contributed by atoms with Gasteiger partial charge in [0.15, 0.2) is 0 Å². The van der Waals surface area contributed by atoms with Gasteiger partial charge in [0, 0.05) is 12.2 Å². The lowest BCUT2D eigenvalue weighted by Gasteiger charge is -2.08. The van der Waals surface area contributed by atoms with E-state index in [0.717, 1.165) is 0 Å². The first-order chi connectivity index (χ1) is 7.64. The number of aromatic nitrogens is 2. The quantitative estimate of drug-likeness (QED) is 0.771. The van der Waals surface area contributed by atoms with Crippen molar-refractivity contribution < 1.29 is 18.0 Å². The fourth-order valence-electron chi connectivity index (χ4n) is 1.69. The van der Waals surface area contributed by atoms with Crippen LogP contribution in [-0.2, 0) is 6.54 Å². The number of ketones is 1. The summed E-state index contributed by atoms with van der Waals surface area (Å²) in [5, 5.41) is 3.98. The van der Waals surface area contributed by atoms with Gasteiger partial charge in [-0.2, -0.15) is 18.3 Å². The average Bonchev–Trinajstić information content (AvgIpc) is 2.38. The molecule has 6 heteroatoms. The number of hydrogen-bond donors (Lipinski definition) is 0. The maximum atomic E-state index is 12.4. The van der Waals surface area contributed by atoms with E-state index in [4.69, 9.17) is 0 Å². The predicted molar refractivity (Wildman–Crippen MR) is 56.9 cm³/mol. The molecule has 0 aliphatic heterocycles. The van der Waals surface area contributed by atoms with Crippen LogP contribution >= 0.6 is 0 Å². The van der Waals surface area contributed by atoms with E-state index in [9.17, 15) is 18.0 Å². The van der Waals surface area contributed by atoms with Crippen LogP contribution in [0.15, 0.2) is 0 Å². The predicted octanol–water partition coefficient (Wildman–Crippen LogP) is 2.90. The van der Waals surface area contributed by atoms with Gasteiger partial charge in [-0.15, -0.1) is 0 Å². The molecule has 0 aliphatic carbocycles. The molecule has 0 spiro atoms. The molecule has 0 fully saturated rings. The Hall–Kier alpha value is -1.33. The van der Waals surface area contributed by atoms with Gasteiger partial charge in [-0.1, -0.05) is 13.8 Å². The Morgan fingerprint density at radius 1 is 1.35 bits per heavy atom. The molecule has 0 aromatic carbocycles. The fraction of sp³-hybridized carbons (Fsp3) is 0.636. The minimum atomic E-state index is -4.85. The monoisotopic (exact) mass is 248 g/mol. The second-order valence-electron chi connectivity index (χ2n) is 4.45. The number of nitrogens with zero attached hydrogens (tertiary/aromatic N) is 2. The van der Waals surface area contributed by atoms with Gasteiger partial charge in [0.2, 0.25) is 0 Å². The van der Waals surface area contributed by atoms with Crippen molar-refractivity contribution in [2.75, 3.05) is 0 Å². The van der Waals surface area contributed by atoms with E-state index in [-0.39, 0.29) is 22.9 Å². The van der Waals surface area contributed by atoms with Crippen molar-refractivity contribution >= 4 is 5.78 Å². The Kier molecular flexibility index (Phi) is 3.64. The summed E-state index contributed by atoms with van der Waals surface area (Å²) in [4.78, 5) is 11.2. The molecular weight excluding hydrogens is 233 g/mol. The Morgan fingerprint density at radius 2 is 1.88 bits per heavy atom. The topological polar surface area (TPSA) is 34.9 Å². The van der Waals surface area contributed by atoms with Crippen molar-refractivity contribution in [3.05, 3.63) is 17.0 Å². The lowest BCUT2D eigenvalue weighted by molar-refractivity contribution is -0.0886. The van der Waals surface area contributed by atoms with Gasteiger partial charge >= 0.3 is 6.18 Å². The molecule has 1 rings (SSSR count). The van der Waals surface area contributed by atoms with Crippen LogP contribution in [0.1, 0.15) is 35.6 Å². The first-order valence-electron chi connectivity index (χ1n) is 5.30. The Labute approximate surface area is 97.6 Å². The third-order valence-corrected chi connectivity index (χ3v) is 2.40. The molecule has 0 saturated heterocycles. The molecular formula is C11H15F3N2O. The van der Waals surface area contributed by atoms with Gasteiger partial charge in [0.1, 0.15) is 0 Å². The zero-order valence-corrected chi connectivity index (χ0v) is 10.2. The number of alkyl halides is 3. The lowest BCUT2D eigenvalue weighted by atomic mass is 10.1. The SMILES string of the molecule is Cc1nn(CC(C)C)c(C)c1C(=O)C(F)(F)F. The molecule has 0 unspecified atom stereocenters. The first-order valence-corrected chi connectivity index (χ1v) is 5.30. The molecule has 1 aromatic heterocycles. The van der Waals surface area contributed by atoms with Gasteiger partial charge in [-0.05, 0) is 19.8 Å². The molecule has 1 heterocycles. The smallest absolute Gasteiger partial charge is 0.284 e. The second-order valence-corrected chi connectivity index (χ2v) is 4.45. The van der Waals surface area contributed by atoms with Crippen molar-refractivity contribution in [1.82, 2.24) is 9.78 Å². The molecule has 0 bridgehead atoms. The number of carbonyl (C=O) groups excluding carboxylic acids is 1. The molecule has 0 saturated carbocycles. The normalized spacial score (nSPS) is 12.2. The number of carbonyl (C=O) groups is 1. The van der Waals surface area contributed by atoms with E-state index in [1.807, 2.05) is 13.8 Å². The summed E-state index contributed by atoms with van der Waals surface area (Å²) in [6.45, 7) is 7.27. The third-order valence-electron chi connectivity index (χ3n) is 2.40. The van der Waals surface area contributed by atoms with Gasteiger partial charge in [-0.3, -0.25) is 9.48 Å². The second kappa shape index (κ2) is 4.50. The summed E-state index contributed by atoms with van der Waals surface area (Å²) in [6, 6.07) is 0. The highest BCUT2D eigenvalue weighted by Gasteiger charge is 2.42. The van der Waals surface area contributed by atoms with E-state index in [1.54, 1.807) is 0 Å². The van der Waals surface area contributed by atoms with Crippen LogP contribution in [0, 0.1) is 19.8 Å². The molecule has 0 aliphatic rings. The minimum Gasteiger partial charge on any atom is -0.284 e. The molecule has 96 valence electrons. The van der Waals surface area contributed by atoms with Crippen LogP contribution < -0.4 is 0 Å². The molecule has 17 heavy (non-hydrogen) atoms. The maximum absolute atomic E-state index is 12.4. The van der Waals surface area contributed by atoms with E-state index in [2.05, 4.69) is 5.10 Å². The summed E-state index contributed by atoms with van der Waals surface area (Å²) in [5.74, 6) is -1.57. The number of rotatable bonds is 3. The van der Waals surface area contributed by atoms with Crippen LogP contribution in [0.25, 0.3) is 0 Å². The van der Waals surface area contributed by atoms with Crippen molar-refractivity contribution in [3.8, 4) is 0 Å². The van der Waals surface area contributed by atoms with E-state index < -0.39 is 12.0 Å². The zero-order valence-electron chi connectivity index (χ0n) is 10.2. The standard InChI is InChI=1S/C11H15F3N2O/c1-6(2)5-16-8(4)9(7(3)15-16)10(17)11(12,13)14/h6H,5H2,1-4H3. The third kappa shape index (κ3) is 2.87. The number of aryl methyl sites for hydroxylation is 1. The fourth-order valence-corrected chi connectivity index (χ4v) is 1.69.